The maximum atomic E-state index is 11.3. The van der Waals surface area contributed by atoms with Crippen molar-refractivity contribution in [3.05, 3.63) is 0 Å². The molecule has 0 aliphatic carbocycles. The first-order chi connectivity index (χ1) is 4.06. The summed E-state index contributed by atoms with van der Waals surface area (Å²) < 4.78 is 33.9. The largest absolute Gasteiger partial charge is 1.00 e. The van der Waals surface area contributed by atoms with Gasteiger partial charge in [-0.25, -0.2) is 0 Å². The molecule has 0 rings (SSSR count). The molecule has 2 N–H and O–H groups in total. The van der Waals surface area contributed by atoms with Crippen LogP contribution >= 0.6 is 0 Å². The summed E-state index contributed by atoms with van der Waals surface area (Å²) in [7, 11) is 0. The average Bonchev–Trinajstić information content (AvgIpc) is 1.63. The topological polar surface area (TPSA) is 32.3 Å². The molecule has 0 spiro atoms. The first kappa shape index (κ1) is 14.0. The van der Waals surface area contributed by atoms with Gasteiger partial charge in [0.05, 0.1) is 6.61 Å². The number of hydrogen-bond donors (Lipinski definition) is 2. The molecule has 0 radical (unpaired) electrons. The van der Waals surface area contributed by atoms with Crippen molar-refractivity contribution in [3.8, 4) is 0 Å². The molecule has 56 valence electrons. The molecule has 0 aliphatic heterocycles. The van der Waals surface area contributed by atoms with E-state index in [0.717, 1.165) is 0 Å². The third-order valence-electron chi connectivity index (χ3n) is 0.664. The fraction of sp³-hybridized carbons (Fsp3) is 1.00. The molecule has 0 atom stereocenters. The number of aliphatic hydroxyl groups is 1. The Morgan fingerprint density at radius 3 is 2.10 bits per heavy atom. The van der Waals surface area contributed by atoms with E-state index in [0.29, 0.717) is 0 Å². The molecule has 0 aromatic carbocycles. The summed E-state index contributed by atoms with van der Waals surface area (Å²) >= 11 is 0. The Hall–Kier alpha value is 1.41. The van der Waals surface area contributed by atoms with Gasteiger partial charge in [0.1, 0.15) is 0 Å². The van der Waals surface area contributed by atoms with Crippen molar-refractivity contribution >= 4 is 6.98 Å². The van der Waals surface area contributed by atoms with E-state index in [1.165, 1.54) is 0 Å². The Balaban J connectivity index is 0. The van der Waals surface area contributed by atoms with E-state index >= 15 is 0 Å². The summed E-state index contributed by atoms with van der Waals surface area (Å²) in [6, 6.07) is 0. The summed E-state index contributed by atoms with van der Waals surface area (Å²) in [4.78, 5) is 0. The zero-order chi connectivity index (χ0) is 7.33. The van der Waals surface area contributed by atoms with Gasteiger partial charge in [0, 0.05) is 6.54 Å². The Labute approximate surface area is 100 Å². The van der Waals surface area contributed by atoms with Crippen LogP contribution in [0.4, 0.5) is 12.9 Å². The molecular weight excluding hydrogens is 173 g/mol. The van der Waals surface area contributed by atoms with Crippen LogP contribution in [-0.4, -0.2) is 31.7 Å². The molecule has 0 saturated heterocycles. The molecule has 0 amide bonds. The van der Waals surface area contributed by atoms with Crippen molar-refractivity contribution in [3.63, 3.8) is 0 Å². The van der Waals surface area contributed by atoms with Crippen LogP contribution in [0.25, 0.3) is 0 Å². The van der Waals surface area contributed by atoms with Crippen molar-refractivity contribution in [2.45, 2.75) is 0 Å². The van der Waals surface area contributed by atoms with Gasteiger partial charge in [0.2, 0.25) is 0 Å². The van der Waals surface area contributed by atoms with Gasteiger partial charge in [0.25, 0.3) is 0 Å². The van der Waals surface area contributed by atoms with E-state index in [1.807, 2.05) is 5.32 Å². The van der Waals surface area contributed by atoms with Crippen LogP contribution in [0.3, 0.4) is 0 Å². The third kappa shape index (κ3) is 12.1. The van der Waals surface area contributed by atoms with Crippen molar-refractivity contribution < 1.29 is 69.4 Å². The van der Waals surface area contributed by atoms with Gasteiger partial charge in [-0.3, -0.25) is 0 Å². The van der Waals surface area contributed by atoms with Gasteiger partial charge in [-0.15, -0.1) is 0 Å². The Kier molecular flexibility index (Phi) is 9.89. The summed E-state index contributed by atoms with van der Waals surface area (Å²) in [5, 5.41) is 10.1. The Morgan fingerprint density at radius 1 is 1.30 bits per heavy atom. The first-order valence-corrected chi connectivity index (χ1v) is 2.59. The average molecular weight is 181 g/mol. The Morgan fingerprint density at radius 2 is 1.80 bits per heavy atom. The molecule has 0 fully saturated rings. The first-order valence-electron chi connectivity index (χ1n) is 2.59. The number of halogens is 3. The van der Waals surface area contributed by atoms with Gasteiger partial charge in [-0.1, -0.05) is 0 Å². The fourth-order valence-electron chi connectivity index (χ4n) is 0.345. The van der Waals surface area contributed by atoms with Gasteiger partial charge in [-0.2, -0.15) is 0 Å². The quantitative estimate of drug-likeness (QED) is 0.357. The SMILES string of the molecule is OCCNC[B-](F)(F)F.[K+]. The molecule has 7 heteroatoms. The Bertz CT molecular complexity index is 80.6. The second kappa shape index (κ2) is 7.08. The molecule has 0 saturated carbocycles. The van der Waals surface area contributed by atoms with Crippen LogP contribution in [0.5, 0.6) is 0 Å². The zero-order valence-corrected chi connectivity index (χ0v) is 8.90. The molecule has 2 nitrogen and oxygen atoms in total. The maximum Gasteiger partial charge on any atom is 1.00 e. The van der Waals surface area contributed by atoms with Crippen molar-refractivity contribution in [2.75, 3.05) is 19.6 Å². The van der Waals surface area contributed by atoms with Crippen LogP contribution in [0.15, 0.2) is 0 Å². The number of hydrogen-bond acceptors (Lipinski definition) is 2. The van der Waals surface area contributed by atoms with E-state index in [-0.39, 0.29) is 64.5 Å². The van der Waals surface area contributed by atoms with Gasteiger partial charge in [-0.05, 0) is 6.44 Å². The molecule has 0 aromatic heterocycles. The predicted octanol–water partition coefficient (Wildman–Crippen LogP) is -3.04. The fourth-order valence-corrected chi connectivity index (χ4v) is 0.345. The molecular formula is C3H8BF3KNO. The van der Waals surface area contributed by atoms with E-state index in [2.05, 4.69) is 0 Å². The second-order valence-corrected chi connectivity index (χ2v) is 1.64. The summed E-state index contributed by atoms with van der Waals surface area (Å²) in [5.41, 5.74) is 0. The van der Waals surface area contributed by atoms with Crippen LogP contribution in [0, 0.1) is 0 Å². The summed E-state index contributed by atoms with van der Waals surface area (Å²) in [6.45, 7) is -4.99. The molecule has 10 heavy (non-hydrogen) atoms. The standard InChI is InChI=1S/C3H8BF3NO.K/c5-4(6,7)3-8-1-2-9;/h8-9H,1-3H2;/q-1;+1. The summed E-state index contributed by atoms with van der Waals surface area (Å²) in [5.74, 6) is 0. The number of aliphatic hydroxyl groups excluding tert-OH is 1. The monoisotopic (exact) mass is 181 g/mol. The molecule has 0 unspecified atom stereocenters. The van der Waals surface area contributed by atoms with Crippen LogP contribution in [0.1, 0.15) is 0 Å². The predicted molar refractivity (Wildman–Crippen MR) is 29.0 cm³/mol. The molecule has 0 aromatic rings. The van der Waals surface area contributed by atoms with Gasteiger partial charge in [0.15, 0.2) is 0 Å². The number of rotatable bonds is 4. The minimum Gasteiger partial charge on any atom is -0.448 e. The third-order valence-corrected chi connectivity index (χ3v) is 0.664. The van der Waals surface area contributed by atoms with Crippen LogP contribution in [0.2, 0.25) is 0 Å². The van der Waals surface area contributed by atoms with E-state index in [9.17, 15) is 12.9 Å². The van der Waals surface area contributed by atoms with Crippen molar-refractivity contribution in [1.82, 2.24) is 5.32 Å². The zero-order valence-electron chi connectivity index (χ0n) is 5.78. The molecule has 0 bridgehead atoms. The van der Waals surface area contributed by atoms with Crippen molar-refractivity contribution in [1.29, 1.82) is 0 Å². The van der Waals surface area contributed by atoms with E-state index in [4.69, 9.17) is 5.11 Å². The van der Waals surface area contributed by atoms with Crippen LogP contribution in [-0.2, 0) is 0 Å². The summed E-state index contributed by atoms with van der Waals surface area (Å²) in [6.07, 6.45) is -0.972. The van der Waals surface area contributed by atoms with E-state index in [1.54, 1.807) is 0 Å². The molecule has 0 heterocycles. The van der Waals surface area contributed by atoms with Gasteiger partial charge >= 0.3 is 58.4 Å². The van der Waals surface area contributed by atoms with Crippen LogP contribution < -0.4 is 56.7 Å². The van der Waals surface area contributed by atoms with Crippen molar-refractivity contribution in [2.24, 2.45) is 0 Å². The normalized spacial score (nSPS) is 10.8. The minimum absolute atomic E-state index is 0. The number of nitrogens with one attached hydrogen (secondary N) is 1. The smallest absolute Gasteiger partial charge is 0.448 e. The maximum absolute atomic E-state index is 11.3. The van der Waals surface area contributed by atoms with E-state index < -0.39 is 13.4 Å². The van der Waals surface area contributed by atoms with Gasteiger partial charge < -0.3 is 23.4 Å². The minimum atomic E-state index is -4.73. The second-order valence-electron chi connectivity index (χ2n) is 1.64. The molecule has 0 aliphatic rings.